The number of benzene rings is 3. The Kier molecular flexibility index (Phi) is 4.27. The molecule has 0 saturated carbocycles. The molecule has 0 amide bonds. The van der Waals surface area contributed by atoms with Gasteiger partial charge in [0.1, 0.15) is 18.2 Å². The largest absolute Gasteiger partial charge is 0.489 e. The van der Waals surface area contributed by atoms with Crippen molar-refractivity contribution in [3.8, 4) is 5.75 Å². The Hall–Kier alpha value is -1.39. The zero-order valence-electron chi connectivity index (χ0n) is 10.9. The Morgan fingerprint density at radius 1 is 0.905 bits per heavy atom. The van der Waals surface area contributed by atoms with E-state index in [1.807, 2.05) is 36.4 Å². The van der Waals surface area contributed by atoms with Crippen LogP contribution in [-0.4, -0.2) is 0 Å². The molecule has 0 bridgehead atoms. The van der Waals surface area contributed by atoms with E-state index in [4.69, 9.17) is 4.74 Å². The van der Waals surface area contributed by atoms with E-state index in [1.165, 1.54) is 6.07 Å². The first-order chi connectivity index (χ1) is 10.1. The Morgan fingerprint density at radius 2 is 1.67 bits per heavy atom. The second-order valence-corrected chi connectivity index (χ2v) is 6.36. The van der Waals surface area contributed by atoms with Crippen LogP contribution in [0.5, 0.6) is 5.75 Å². The van der Waals surface area contributed by atoms with Crippen molar-refractivity contribution in [2.45, 2.75) is 6.61 Å². The topological polar surface area (TPSA) is 9.23 Å². The second-order valence-electron chi connectivity index (χ2n) is 4.65. The number of hydrogen-bond donors (Lipinski definition) is 0. The molecule has 0 radical (unpaired) electrons. The standard InChI is InChI=1S/C17H11Br2FO/c18-14-6-4-12-9-15(7-5-11(12)8-14)21-10-13-2-1-3-16(20)17(13)19/h1-9H,10H2. The van der Waals surface area contributed by atoms with Crippen molar-refractivity contribution in [1.82, 2.24) is 0 Å². The molecule has 0 fully saturated rings. The van der Waals surface area contributed by atoms with Gasteiger partial charge in [0.15, 0.2) is 0 Å². The molecule has 3 rings (SSSR count). The van der Waals surface area contributed by atoms with E-state index in [-0.39, 0.29) is 5.82 Å². The molecule has 3 aromatic rings. The molecular formula is C17H11Br2FO. The molecule has 0 aliphatic rings. The zero-order chi connectivity index (χ0) is 14.8. The number of fused-ring (bicyclic) bond motifs is 1. The third-order valence-corrected chi connectivity index (χ3v) is 4.58. The first-order valence-electron chi connectivity index (χ1n) is 6.38. The molecular weight excluding hydrogens is 399 g/mol. The highest BCUT2D eigenvalue weighted by Crippen LogP contribution is 2.26. The molecule has 0 aliphatic carbocycles. The molecule has 0 saturated heterocycles. The van der Waals surface area contributed by atoms with E-state index in [1.54, 1.807) is 6.07 Å². The second kappa shape index (κ2) is 6.16. The fourth-order valence-corrected chi connectivity index (χ4v) is 2.86. The molecule has 21 heavy (non-hydrogen) atoms. The first kappa shape index (κ1) is 14.5. The number of halogens is 3. The van der Waals surface area contributed by atoms with Crippen LogP contribution in [0.25, 0.3) is 10.8 Å². The van der Waals surface area contributed by atoms with E-state index in [0.29, 0.717) is 11.1 Å². The van der Waals surface area contributed by atoms with E-state index in [2.05, 4.69) is 37.9 Å². The van der Waals surface area contributed by atoms with Crippen molar-refractivity contribution in [2.75, 3.05) is 0 Å². The maximum atomic E-state index is 13.4. The van der Waals surface area contributed by atoms with Gasteiger partial charge in [-0.2, -0.15) is 0 Å². The Bertz CT molecular complexity index is 802. The van der Waals surface area contributed by atoms with E-state index in [9.17, 15) is 4.39 Å². The van der Waals surface area contributed by atoms with Crippen LogP contribution in [-0.2, 0) is 6.61 Å². The maximum absolute atomic E-state index is 13.4. The summed E-state index contributed by atoms with van der Waals surface area (Å²) < 4.78 is 20.7. The van der Waals surface area contributed by atoms with Crippen molar-refractivity contribution in [2.24, 2.45) is 0 Å². The van der Waals surface area contributed by atoms with Crippen molar-refractivity contribution in [1.29, 1.82) is 0 Å². The number of rotatable bonds is 3. The normalized spacial score (nSPS) is 10.8. The lowest BCUT2D eigenvalue weighted by atomic mass is 10.1. The Labute approximate surface area is 139 Å². The summed E-state index contributed by atoms with van der Waals surface area (Å²) in [5.74, 6) is 0.487. The molecule has 106 valence electrons. The summed E-state index contributed by atoms with van der Waals surface area (Å²) in [6.45, 7) is 0.320. The lowest BCUT2D eigenvalue weighted by Gasteiger charge is -2.09. The van der Waals surface area contributed by atoms with Crippen LogP contribution < -0.4 is 4.74 Å². The SMILES string of the molecule is Fc1cccc(COc2ccc3cc(Br)ccc3c2)c1Br. The molecule has 1 nitrogen and oxygen atoms in total. The summed E-state index contributed by atoms with van der Waals surface area (Å²) in [6.07, 6.45) is 0. The summed E-state index contributed by atoms with van der Waals surface area (Å²) >= 11 is 6.70. The zero-order valence-corrected chi connectivity index (χ0v) is 14.1. The van der Waals surface area contributed by atoms with Gasteiger partial charge in [0, 0.05) is 10.0 Å². The fraction of sp³-hybridized carbons (Fsp3) is 0.0588. The molecule has 4 heteroatoms. The van der Waals surface area contributed by atoms with Gasteiger partial charge in [0.2, 0.25) is 0 Å². The Morgan fingerprint density at radius 3 is 2.52 bits per heavy atom. The summed E-state index contributed by atoms with van der Waals surface area (Å²) in [4.78, 5) is 0. The average Bonchev–Trinajstić information content (AvgIpc) is 2.49. The van der Waals surface area contributed by atoms with Crippen LogP contribution in [0, 0.1) is 5.82 Å². The van der Waals surface area contributed by atoms with Gasteiger partial charge >= 0.3 is 0 Å². The molecule has 0 heterocycles. The van der Waals surface area contributed by atoms with Gasteiger partial charge in [-0.3, -0.25) is 0 Å². The van der Waals surface area contributed by atoms with Crippen LogP contribution in [0.3, 0.4) is 0 Å². The highest BCUT2D eigenvalue weighted by molar-refractivity contribution is 9.10. The van der Waals surface area contributed by atoms with E-state index < -0.39 is 0 Å². The van der Waals surface area contributed by atoms with Gasteiger partial charge in [-0.1, -0.05) is 40.2 Å². The van der Waals surface area contributed by atoms with Crippen LogP contribution in [0.15, 0.2) is 63.5 Å². The Balaban J connectivity index is 1.82. The van der Waals surface area contributed by atoms with Gasteiger partial charge in [-0.15, -0.1) is 0 Å². The smallest absolute Gasteiger partial charge is 0.137 e. The van der Waals surface area contributed by atoms with Crippen LogP contribution >= 0.6 is 31.9 Å². The first-order valence-corrected chi connectivity index (χ1v) is 7.97. The van der Waals surface area contributed by atoms with E-state index >= 15 is 0 Å². The van der Waals surface area contributed by atoms with Crippen LogP contribution in [0.2, 0.25) is 0 Å². The third-order valence-electron chi connectivity index (χ3n) is 3.20. The average molecular weight is 410 g/mol. The predicted molar refractivity (Wildman–Crippen MR) is 90.1 cm³/mol. The number of ether oxygens (including phenoxy) is 1. The third kappa shape index (κ3) is 3.27. The highest BCUT2D eigenvalue weighted by Gasteiger charge is 2.06. The van der Waals surface area contributed by atoms with E-state index in [0.717, 1.165) is 26.6 Å². The minimum Gasteiger partial charge on any atom is -0.489 e. The van der Waals surface area contributed by atoms with Crippen molar-refractivity contribution >= 4 is 42.6 Å². The molecule has 0 unspecified atom stereocenters. The van der Waals surface area contributed by atoms with Gasteiger partial charge in [-0.05, 0) is 57.0 Å². The molecule has 3 aromatic carbocycles. The maximum Gasteiger partial charge on any atom is 0.137 e. The van der Waals surface area contributed by atoms with Crippen LogP contribution in [0.1, 0.15) is 5.56 Å². The monoisotopic (exact) mass is 408 g/mol. The summed E-state index contributed by atoms with van der Waals surface area (Å²) in [5, 5.41) is 2.25. The number of hydrogen-bond acceptors (Lipinski definition) is 1. The minimum atomic E-state index is -0.278. The molecule has 0 aromatic heterocycles. The van der Waals surface area contributed by atoms with Crippen molar-refractivity contribution < 1.29 is 9.13 Å². The lowest BCUT2D eigenvalue weighted by Crippen LogP contribution is -1.97. The van der Waals surface area contributed by atoms with Gasteiger partial charge < -0.3 is 4.74 Å². The predicted octanol–water partition coefficient (Wildman–Crippen LogP) is 6.08. The highest BCUT2D eigenvalue weighted by atomic mass is 79.9. The summed E-state index contributed by atoms with van der Waals surface area (Å²) in [7, 11) is 0. The molecule has 0 N–H and O–H groups in total. The lowest BCUT2D eigenvalue weighted by molar-refractivity contribution is 0.305. The quantitative estimate of drug-likeness (QED) is 0.509. The molecule has 0 spiro atoms. The molecule has 0 atom stereocenters. The fourth-order valence-electron chi connectivity index (χ4n) is 2.11. The van der Waals surface area contributed by atoms with Crippen molar-refractivity contribution in [3.63, 3.8) is 0 Å². The van der Waals surface area contributed by atoms with Gasteiger partial charge in [-0.25, -0.2) is 4.39 Å². The summed E-state index contributed by atoms with van der Waals surface area (Å²) in [6, 6.07) is 16.9. The van der Waals surface area contributed by atoms with Crippen LogP contribution in [0.4, 0.5) is 4.39 Å². The van der Waals surface area contributed by atoms with Gasteiger partial charge in [0.05, 0.1) is 4.47 Å². The summed E-state index contributed by atoms with van der Waals surface area (Å²) in [5.41, 5.74) is 0.783. The van der Waals surface area contributed by atoms with Gasteiger partial charge in [0.25, 0.3) is 0 Å². The molecule has 0 aliphatic heterocycles. The van der Waals surface area contributed by atoms with Crippen molar-refractivity contribution in [3.05, 3.63) is 74.9 Å². The minimum absolute atomic E-state index is 0.278.